The Hall–Kier alpha value is -2.78. The SMILES string of the molecule is CCNC(=O)C1OC(n2cnc3c(N)nc(C#CC4(O)CCC(C(C)(C)C)CC4)nc32)C(O)C1O. The van der Waals surface area contributed by atoms with Gasteiger partial charge in [-0.1, -0.05) is 26.7 Å². The monoisotopic (exact) mass is 486 g/mol. The summed E-state index contributed by atoms with van der Waals surface area (Å²) < 4.78 is 7.07. The van der Waals surface area contributed by atoms with Gasteiger partial charge in [-0.05, 0) is 49.9 Å². The highest BCUT2D eigenvalue weighted by Crippen LogP contribution is 2.41. The summed E-state index contributed by atoms with van der Waals surface area (Å²) in [6, 6.07) is 0. The molecule has 0 aromatic carbocycles. The highest BCUT2D eigenvalue weighted by Gasteiger charge is 2.47. The predicted octanol–water partition coefficient (Wildman–Crippen LogP) is 0.483. The molecule has 4 rings (SSSR count). The van der Waals surface area contributed by atoms with Crippen molar-refractivity contribution in [2.24, 2.45) is 11.3 Å². The summed E-state index contributed by atoms with van der Waals surface area (Å²) in [4.78, 5) is 25.0. The Kier molecular flexibility index (Phi) is 6.76. The van der Waals surface area contributed by atoms with E-state index < -0.39 is 36.0 Å². The maximum atomic E-state index is 12.2. The number of anilines is 1. The maximum absolute atomic E-state index is 12.2. The van der Waals surface area contributed by atoms with Crippen LogP contribution in [0.4, 0.5) is 5.82 Å². The van der Waals surface area contributed by atoms with Crippen molar-refractivity contribution in [3.8, 4) is 11.8 Å². The Morgan fingerprint density at radius 2 is 1.97 bits per heavy atom. The molecule has 3 heterocycles. The van der Waals surface area contributed by atoms with Crippen molar-refractivity contribution in [3.63, 3.8) is 0 Å². The molecular formula is C24H34N6O5. The number of carbonyl (C=O) groups is 1. The number of aliphatic hydroxyl groups excluding tert-OH is 2. The van der Waals surface area contributed by atoms with Gasteiger partial charge >= 0.3 is 0 Å². The van der Waals surface area contributed by atoms with Crippen LogP contribution in [0.2, 0.25) is 0 Å². The number of hydrogen-bond acceptors (Lipinski definition) is 9. The van der Waals surface area contributed by atoms with Crippen molar-refractivity contribution in [3.05, 3.63) is 12.2 Å². The summed E-state index contributed by atoms with van der Waals surface area (Å²) in [6.45, 7) is 8.74. The number of imidazole rings is 1. The van der Waals surface area contributed by atoms with Crippen molar-refractivity contribution in [2.45, 2.75) is 83.5 Å². The van der Waals surface area contributed by atoms with E-state index in [-0.39, 0.29) is 28.2 Å². The van der Waals surface area contributed by atoms with E-state index >= 15 is 0 Å². The molecule has 2 aromatic rings. The molecule has 6 N–H and O–H groups in total. The number of nitrogens with one attached hydrogen (secondary N) is 1. The van der Waals surface area contributed by atoms with Gasteiger partial charge in [0.05, 0.1) is 6.33 Å². The van der Waals surface area contributed by atoms with E-state index in [4.69, 9.17) is 10.5 Å². The molecule has 0 bridgehead atoms. The molecule has 1 aliphatic carbocycles. The number of aliphatic hydroxyl groups is 3. The average molecular weight is 487 g/mol. The standard InChI is InChI=1S/C24H34N6O5/c1-5-26-21(33)18-16(31)17(32)22(35-18)30-12-27-15-19(25)28-14(29-20(15)30)8-11-24(34)9-6-13(7-10-24)23(2,3)4/h12-13,16-18,22,31-32,34H,5-7,9-10H2,1-4H3,(H,26,33)(H2,25,28,29). The number of fused-ring (bicyclic) bond motifs is 1. The average Bonchev–Trinajstić information content (AvgIpc) is 3.34. The number of amides is 1. The summed E-state index contributed by atoms with van der Waals surface area (Å²) in [7, 11) is 0. The van der Waals surface area contributed by atoms with Gasteiger partial charge in [-0.15, -0.1) is 0 Å². The molecule has 2 aliphatic rings. The third-order valence-electron chi connectivity index (χ3n) is 7.01. The molecule has 11 nitrogen and oxygen atoms in total. The quantitative estimate of drug-likeness (QED) is 0.387. The molecule has 1 saturated carbocycles. The minimum Gasteiger partial charge on any atom is -0.387 e. The van der Waals surface area contributed by atoms with Gasteiger partial charge in [-0.25, -0.2) is 15.0 Å². The van der Waals surface area contributed by atoms with Crippen molar-refractivity contribution in [2.75, 3.05) is 12.3 Å². The molecule has 1 amide bonds. The number of nitrogens with two attached hydrogens (primary N) is 1. The van der Waals surface area contributed by atoms with E-state index in [0.29, 0.717) is 25.3 Å². The summed E-state index contributed by atoms with van der Waals surface area (Å²) in [5.74, 6) is 5.96. The van der Waals surface area contributed by atoms with Crippen LogP contribution in [0.15, 0.2) is 6.33 Å². The number of likely N-dealkylation sites (N-methyl/N-ethyl adjacent to an activating group) is 1. The van der Waals surface area contributed by atoms with Gasteiger partial charge in [0, 0.05) is 6.54 Å². The first-order chi connectivity index (χ1) is 16.4. The van der Waals surface area contributed by atoms with Gasteiger partial charge in [0.2, 0.25) is 5.82 Å². The van der Waals surface area contributed by atoms with Crippen LogP contribution in [0.25, 0.3) is 11.2 Å². The Balaban J connectivity index is 1.59. The molecule has 11 heteroatoms. The molecule has 4 atom stereocenters. The Morgan fingerprint density at radius 3 is 2.60 bits per heavy atom. The lowest BCUT2D eigenvalue weighted by Gasteiger charge is -2.39. The number of hydrogen-bond donors (Lipinski definition) is 5. The van der Waals surface area contributed by atoms with Gasteiger partial charge in [0.25, 0.3) is 5.91 Å². The van der Waals surface area contributed by atoms with Crippen LogP contribution in [-0.4, -0.2) is 71.2 Å². The number of carbonyl (C=O) groups excluding carboxylic acids is 1. The topological polar surface area (TPSA) is 169 Å². The molecule has 2 fully saturated rings. The normalized spacial score (nSPS) is 31.2. The Morgan fingerprint density at radius 1 is 1.29 bits per heavy atom. The Bertz CT molecular complexity index is 1150. The first kappa shape index (κ1) is 25.3. The maximum Gasteiger partial charge on any atom is 0.252 e. The van der Waals surface area contributed by atoms with Crippen molar-refractivity contribution < 1.29 is 24.9 Å². The van der Waals surface area contributed by atoms with Crippen molar-refractivity contribution in [1.29, 1.82) is 0 Å². The summed E-state index contributed by atoms with van der Waals surface area (Å²) in [6.07, 6.45) is -0.931. The number of ether oxygens (including phenoxy) is 1. The number of nitrogen functional groups attached to an aromatic ring is 1. The second-order valence-electron chi connectivity index (χ2n) is 10.5. The molecule has 190 valence electrons. The zero-order valence-electron chi connectivity index (χ0n) is 20.5. The molecular weight excluding hydrogens is 452 g/mol. The summed E-state index contributed by atoms with van der Waals surface area (Å²) >= 11 is 0. The smallest absolute Gasteiger partial charge is 0.252 e. The minimum absolute atomic E-state index is 0.0785. The molecule has 2 aromatic heterocycles. The third kappa shape index (κ3) is 4.97. The zero-order chi connectivity index (χ0) is 25.5. The Labute approximate surface area is 204 Å². The lowest BCUT2D eigenvalue weighted by molar-refractivity contribution is -0.137. The van der Waals surface area contributed by atoms with Crippen LogP contribution in [0.5, 0.6) is 0 Å². The van der Waals surface area contributed by atoms with Crippen LogP contribution in [-0.2, 0) is 9.53 Å². The molecule has 0 radical (unpaired) electrons. The van der Waals surface area contributed by atoms with Crippen LogP contribution in [0.1, 0.15) is 65.4 Å². The zero-order valence-corrected chi connectivity index (χ0v) is 20.5. The van der Waals surface area contributed by atoms with Crippen LogP contribution in [0, 0.1) is 23.2 Å². The van der Waals surface area contributed by atoms with Gasteiger partial charge < -0.3 is 31.1 Å². The lowest BCUT2D eigenvalue weighted by atomic mass is 9.68. The van der Waals surface area contributed by atoms with Crippen molar-refractivity contribution >= 4 is 22.9 Å². The molecule has 35 heavy (non-hydrogen) atoms. The minimum atomic E-state index is -1.43. The fraction of sp³-hybridized carbons (Fsp3) is 0.667. The first-order valence-electron chi connectivity index (χ1n) is 12.0. The predicted molar refractivity (Wildman–Crippen MR) is 128 cm³/mol. The number of aromatic nitrogens is 4. The highest BCUT2D eigenvalue weighted by atomic mass is 16.6. The van der Waals surface area contributed by atoms with Gasteiger partial charge in [0.15, 0.2) is 23.8 Å². The van der Waals surface area contributed by atoms with Gasteiger partial charge in [-0.2, -0.15) is 0 Å². The fourth-order valence-electron chi connectivity index (χ4n) is 4.82. The second kappa shape index (κ2) is 9.35. The van der Waals surface area contributed by atoms with E-state index in [9.17, 15) is 20.1 Å². The molecule has 4 unspecified atom stereocenters. The van der Waals surface area contributed by atoms with Crippen LogP contribution < -0.4 is 11.1 Å². The third-order valence-corrected chi connectivity index (χ3v) is 7.01. The van der Waals surface area contributed by atoms with E-state index in [1.165, 1.54) is 10.9 Å². The summed E-state index contributed by atoms with van der Waals surface area (Å²) in [5, 5.41) is 34.5. The van der Waals surface area contributed by atoms with Gasteiger partial charge in [0.1, 0.15) is 23.3 Å². The highest BCUT2D eigenvalue weighted by molar-refractivity contribution is 5.83. The van der Waals surface area contributed by atoms with Crippen LogP contribution in [0.3, 0.4) is 0 Å². The second-order valence-corrected chi connectivity index (χ2v) is 10.5. The molecule has 0 spiro atoms. The van der Waals surface area contributed by atoms with Gasteiger partial charge in [-0.3, -0.25) is 9.36 Å². The largest absolute Gasteiger partial charge is 0.387 e. The van der Waals surface area contributed by atoms with Crippen LogP contribution >= 0.6 is 0 Å². The van der Waals surface area contributed by atoms with E-state index in [2.05, 4.69) is 52.9 Å². The summed E-state index contributed by atoms with van der Waals surface area (Å²) in [5.41, 5.74) is 5.65. The first-order valence-corrected chi connectivity index (χ1v) is 12.0. The fourth-order valence-corrected chi connectivity index (χ4v) is 4.82. The molecule has 1 saturated heterocycles. The van der Waals surface area contributed by atoms with Crippen molar-refractivity contribution in [1.82, 2.24) is 24.8 Å². The van der Waals surface area contributed by atoms with E-state index in [1.807, 2.05) is 0 Å². The van der Waals surface area contributed by atoms with E-state index in [1.54, 1.807) is 6.92 Å². The lowest BCUT2D eigenvalue weighted by Crippen LogP contribution is -2.42. The molecule has 1 aliphatic heterocycles. The number of nitrogens with zero attached hydrogens (tertiary/aromatic N) is 4. The number of rotatable bonds is 3. The van der Waals surface area contributed by atoms with E-state index in [0.717, 1.165) is 12.8 Å².